The highest BCUT2D eigenvalue weighted by molar-refractivity contribution is 5.48. The molecule has 2 nitrogen and oxygen atoms in total. The van der Waals surface area contributed by atoms with Crippen molar-refractivity contribution in [3.63, 3.8) is 0 Å². The summed E-state index contributed by atoms with van der Waals surface area (Å²) in [5, 5.41) is 0. The van der Waals surface area contributed by atoms with Crippen LogP contribution in [0.5, 0.6) is 0 Å². The quantitative estimate of drug-likeness (QED) is 0.917. The van der Waals surface area contributed by atoms with Crippen molar-refractivity contribution in [2.45, 2.75) is 13.1 Å². The SMILES string of the molecule is CN(Cc1cc(F)cc(F)c1)c1cccc(CN)c1. The minimum Gasteiger partial charge on any atom is -0.370 e. The smallest absolute Gasteiger partial charge is 0.126 e. The minimum atomic E-state index is -0.556. The molecule has 0 unspecified atom stereocenters. The number of benzene rings is 2. The average Bonchev–Trinajstić information content (AvgIpc) is 2.37. The number of halogens is 2. The van der Waals surface area contributed by atoms with Crippen molar-refractivity contribution in [3.8, 4) is 0 Å². The Morgan fingerprint density at radius 1 is 1.00 bits per heavy atom. The number of nitrogens with zero attached hydrogens (tertiary/aromatic N) is 1. The lowest BCUT2D eigenvalue weighted by molar-refractivity contribution is 0.579. The molecule has 2 rings (SSSR count). The topological polar surface area (TPSA) is 29.3 Å². The van der Waals surface area contributed by atoms with Gasteiger partial charge in [0, 0.05) is 31.9 Å². The van der Waals surface area contributed by atoms with Crippen LogP contribution in [0, 0.1) is 11.6 Å². The van der Waals surface area contributed by atoms with Gasteiger partial charge in [-0.1, -0.05) is 12.1 Å². The molecule has 2 N–H and O–H groups in total. The summed E-state index contributed by atoms with van der Waals surface area (Å²) in [6, 6.07) is 11.3. The van der Waals surface area contributed by atoms with E-state index in [9.17, 15) is 8.78 Å². The van der Waals surface area contributed by atoms with Gasteiger partial charge in [0.15, 0.2) is 0 Å². The van der Waals surface area contributed by atoms with Crippen LogP contribution in [0.2, 0.25) is 0 Å². The van der Waals surface area contributed by atoms with E-state index in [4.69, 9.17) is 5.73 Å². The largest absolute Gasteiger partial charge is 0.370 e. The van der Waals surface area contributed by atoms with Crippen LogP contribution in [0.3, 0.4) is 0 Å². The van der Waals surface area contributed by atoms with Crippen molar-refractivity contribution in [2.24, 2.45) is 5.73 Å². The van der Waals surface area contributed by atoms with E-state index in [0.717, 1.165) is 17.3 Å². The van der Waals surface area contributed by atoms with Crippen molar-refractivity contribution >= 4 is 5.69 Å². The maximum absolute atomic E-state index is 13.1. The molecule has 0 aliphatic heterocycles. The Balaban J connectivity index is 2.17. The zero-order chi connectivity index (χ0) is 13.8. The van der Waals surface area contributed by atoms with E-state index >= 15 is 0 Å². The number of hydrogen-bond acceptors (Lipinski definition) is 2. The summed E-state index contributed by atoms with van der Waals surface area (Å²) in [5.74, 6) is -1.11. The molecule has 0 saturated carbocycles. The summed E-state index contributed by atoms with van der Waals surface area (Å²) in [7, 11) is 1.87. The summed E-state index contributed by atoms with van der Waals surface area (Å²) in [6.45, 7) is 0.902. The molecule has 2 aromatic carbocycles. The number of anilines is 1. The fraction of sp³-hybridized carbons (Fsp3) is 0.200. The molecule has 0 bridgehead atoms. The van der Waals surface area contributed by atoms with Crippen LogP contribution >= 0.6 is 0 Å². The molecule has 2 aromatic rings. The van der Waals surface area contributed by atoms with E-state index in [1.54, 1.807) is 0 Å². The van der Waals surface area contributed by atoms with E-state index in [2.05, 4.69) is 0 Å². The first-order valence-electron chi connectivity index (χ1n) is 6.03. The second-order valence-electron chi connectivity index (χ2n) is 4.51. The molecule has 0 heterocycles. The summed E-state index contributed by atoms with van der Waals surface area (Å²) in [5.41, 5.74) is 8.18. The van der Waals surface area contributed by atoms with Gasteiger partial charge in [-0.2, -0.15) is 0 Å². The van der Waals surface area contributed by atoms with E-state index in [0.29, 0.717) is 18.7 Å². The fourth-order valence-corrected chi connectivity index (χ4v) is 1.99. The Labute approximate surface area is 111 Å². The van der Waals surface area contributed by atoms with Crippen molar-refractivity contribution < 1.29 is 8.78 Å². The van der Waals surface area contributed by atoms with Gasteiger partial charge in [0.05, 0.1) is 0 Å². The lowest BCUT2D eigenvalue weighted by Crippen LogP contribution is -2.17. The van der Waals surface area contributed by atoms with Crippen molar-refractivity contribution in [1.29, 1.82) is 0 Å². The fourth-order valence-electron chi connectivity index (χ4n) is 1.99. The predicted octanol–water partition coefficient (Wildman–Crippen LogP) is 3.06. The van der Waals surface area contributed by atoms with Gasteiger partial charge in [0.2, 0.25) is 0 Å². The second kappa shape index (κ2) is 5.80. The molecular formula is C15H16F2N2. The average molecular weight is 262 g/mol. The van der Waals surface area contributed by atoms with Gasteiger partial charge in [-0.3, -0.25) is 0 Å². The lowest BCUT2D eigenvalue weighted by Gasteiger charge is -2.20. The molecule has 0 saturated heterocycles. The minimum absolute atomic E-state index is 0.433. The van der Waals surface area contributed by atoms with Gasteiger partial charge in [-0.25, -0.2) is 8.78 Å². The Morgan fingerprint density at radius 3 is 2.32 bits per heavy atom. The van der Waals surface area contributed by atoms with Crippen LogP contribution in [-0.4, -0.2) is 7.05 Å². The first-order valence-corrected chi connectivity index (χ1v) is 6.03. The van der Waals surface area contributed by atoms with Gasteiger partial charge < -0.3 is 10.6 Å². The standard InChI is InChI=1S/C15H16F2N2/c1-19(15-4-2-3-11(7-15)9-18)10-12-5-13(16)8-14(17)6-12/h2-8H,9-10,18H2,1H3. The number of rotatable bonds is 4. The summed E-state index contributed by atoms with van der Waals surface area (Å²) in [4.78, 5) is 1.92. The molecule has 0 atom stereocenters. The summed E-state index contributed by atoms with van der Waals surface area (Å²) in [6.07, 6.45) is 0. The zero-order valence-corrected chi connectivity index (χ0v) is 10.7. The first kappa shape index (κ1) is 13.5. The van der Waals surface area contributed by atoms with Gasteiger partial charge in [0.25, 0.3) is 0 Å². The van der Waals surface area contributed by atoms with Gasteiger partial charge in [-0.05, 0) is 35.4 Å². The van der Waals surface area contributed by atoms with E-state index in [1.165, 1.54) is 12.1 Å². The molecule has 0 amide bonds. The number of hydrogen-bond donors (Lipinski definition) is 1. The summed E-state index contributed by atoms with van der Waals surface area (Å²) < 4.78 is 26.2. The van der Waals surface area contributed by atoms with E-state index in [-0.39, 0.29) is 0 Å². The van der Waals surface area contributed by atoms with E-state index < -0.39 is 11.6 Å². The molecule has 4 heteroatoms. The van der Waals surface area contributed by atoms with E-state index in [1.807, 2.05) is 36.2 Å². The van der Waals surface area contributed by atoms with Crippen molar-refractivity contribution in [1.82, 2.24) is 0 Å². The Kier molecular flexibility index (Phi) is 4.12. The van der Waals surface area contributed by atoms with Crippen LogP contribution in [0.15, 0.2) is 42.5 Å². The highest BCUT2D eigenvalue weighted by Gasteiger charge is 2.06. The Morgan fingerprint density at radius 2 is 1.68 bits per heavy atom. The van der Waals surface area contributed by atoms with Crippen molar-refractivity contribution in [2.75, 3.05) is 11.9 Å². The third-order valence-electron chi connectivity index (χ3n) is 2.93. The lowest BCUT2D eigenvalue weighted by atomic mass is 10.1. The first-order chi connectivity index (χ1) is 9.08. The van der Waals surface area contributed by atoms with Crippen LogP contribution < -0.4 is 10.6 Å². The van der Waals surface area contributed by atoms with Crippen LogP contribution in [0.4, 0.5) is 14.5 Å². The zero-order valence-electron chi connectivity index (χ0n) is 10.7. The van der Waals surface area contributed by atoms with Crippen LogP contribution in [-0.2, 0) is 13.1 Å². The molecule has 0 aliphatic carbocycles. The molecule has 0 aliphatic rings. The maximum atomic E-state index is 13.1. The van der Waals surface area contributed by atoms with Crippen LogP contribution in [0.1, 0.15) is 11.1 Å². The Bertz CT molecular complexity index is 550. The third kappa shape index (κ3) is 3.51. The third-order valence-corrected chi connectivity index (χ3v) is 2.93. The van der Waals surface area contributed by atoms with Crippen molar-refractivity contribution in [3.05, 3.63) is 65.2 Å². The summed E-state index contributed by atoms with van der Waals surface area (Å²) >= 11 is 0. The monoisotopic (exact) mass is 262 g/mol. The molecule has 19 heavy (non-hydrogen) atoms. The molecule has 0 fully saturated rings. The van der Waals surface area contributed by atoms with Crippen LogP contribution in [0.25, 0.3) is 0 Å². The second-order valence-corrected chi connectivity index (χ2v) is 4.51. The highest BCUT2D eigenvalue weighted by Crippen LogP contribution is 2.18. The maximum Gasteiger partial charge on any atom is 0.126 e. The van der Waals surface area contributed by atoms with Gasteiger partial charge >= 0.3 is 0 Å². The molecule has 0 radical (unpaired) electrons. The normalized spacial score (nSPS) is 10.5. The Hall–Kier alpha value is -1.94. The molecule has 100 valence electrons. The van der Waals surface area contributed by atoms with Gasteiger partial charge in [0.1, 0.15) is 11.6 Å². The molecule has 0 spiro atoms. The molecule has 0 aromatic heterocycles. The highest BCUT2D eigenvalue weighted by atomic mass is 19.1. The van der Waals surface area contributed by atoms with Gasteiger partial charge in [-0.15, -0.1) is 0 Å². The predicted molar refractivity (Wildman–Crippen MR) is 72.8 cm³/mol. The number of nitrogens with two attached hydrogens (primary N) is 1. The molecular weight excluding hydrogens is 246 g/mol.